The monoisotopic (exact) mass is 339 g/mol. The van der Waals surface area contributed by atoms with Gasteiger partial charge in [0.2, 0.25) is 5.91 Å². The Morgan fingerprint density at radius 1 is 1.25 bits per heavy atom. The Kier molecular flexibility index (Phi) is 8.51. The van der Waals surface area contributed by atoms with Gasteiger partial charge >= 0.3 is 0 Å². The molecule has 116 valence electrons. The minimum Gasteiger partial charge on any atom is -0.360 e. The topological polar surface area (TPSA) is 49.6 Å². The SMILES string of the molecule is CC(N)C(C)C(=O)N1CCN(c2cccs2)CC1.Cl.Cl. The summed E-state index contributed by atoms with van der Waals surface area (Å²) in [5, 5.41) is 3.38. The Balaban J connectivity index is 0.00000180. The van der Waals surface area contributed by atoms with E-state index in [1.165, 1.54) is 5.00 Å². The van der Waals surface area contributed by atoms with E-state index in [4.69, 9.17) is 5.73 Å². The number of anilines is 1. The quantitative estimate of drug-likeness (QED) is 0.918. The molecule has 0 aliphatic carbocycles. The first-order chi connectivity index (χ1) is 8.59. The van der Waals surface area contributed by atoms with Crippen LogP contribution in [0, 0.1) is 5.92 Å². The van der Waals surface area contributed by atoms with Gasteiger partial charge in [-0.15, -0.1) is 36.2 Å². The number of carbonyl (C=O) groups excluding carboxylic acids is 1. The number of amides is 1. The average molecular weight is 340 g/mol. The third kappa shape index (κ3) is 4.52. The molecular formula is C13H23Cl2N3OS. The third-order valence-corrected chi connectivity index (χ3v) is 4.52. The van der Waals surface area contributed by atoms with Gasteiger partial charge in [-0.25, -0.2) is 0 Å². The number of hydrogen-bond donors (Lipinski definition) is 1. The summed E-state index contributed by atoms with van der Waals surface area (Å²) in [7, 11) is 0. The summed E-state index contributed by atoms with van der Waals surface area (Å²) in [5.41, 5.74) is 5.79. The predicted molar refractivity (Wildman–Crippen MR) is 90.4 cm³/mol. The van der Waals surface area contributed by atoms with Crippen molar-refractivity contribution in [2.75, 3.05) is 31.1 Å². The summed E-state index contributed by atoms with van der Waals surface area (Å²) in [4.78, 5) is 16.4. The average Bonchev–Trinajstić information content (AvgIpc) is 2.91. The van der Waals surface area contributed by atoms with Crippen LogP contribution >= 0.6 is 36.2 Å². The Morgan fingerprint density at radius 3 is 2.30 bits per heavy atom. The van der Waals surface area contributed by atoms with E-state index in [1.54, 1.807) is 11.3 Å². The molecule has 1 amide bonds. The number of halogens is 2. The molecule has 0 aromatic carbocycles. The zero-order valence-electron chi connectivity index (χ0n) is 11.8. The second kappa shape index (κ2) is 8.72. The lowest BCUT2D eigenvalue weighted by atomic mass is 10.0. The van der Waals surface area contributed by atoms with E-state index in [9.17, 15) is 4.79 Å². The van der Waals surface area contributed by atoms with E-state index in [0.717, 1.165) is 26.2 Å². The molecule has 0 bridgehead atoms. The van der Waals surface area contributed by atoms with Crippen molar-refractivity contribution >= 4 is 47.1 Å². The van der Waals surface area contributed by atoms with E-state index in [2.05, 4.69) is 22.4 Å². The van der Waals surface area contributed by atoms with E-state index in [0.29, 0.717) is 0 Å². The Hall–Kier alpha value is -0.490. The van der Waals surface area contributed by atoms with Crippen molar-refractivity contribution in [1.82, 2.24) is 4.90 Å². The molecule has 20 heavy (non-hydrogen) atoms. The number of thiophene rings is 1. The van der Waals surface area contributed by atoms with Gasteiger partial charge in [0.25, 0.3) is 0 Å². The minimum atomic E-state index is -0.0849. The smallest absolute Gasteiger partial charge is 0.227 e. The van der Waals surface area contributed by atoms with Crippen molar-refractivity contribution in [3.63, 3.8) is 0 Å². The molecule has 0 saturated carbocycles. The Labute approximate surface area is 137 Å². The Bertz CT molecular complexity index is 392. The number of hydrogen-bond acceptors (Lipinski definition) is 4. The summed E-state index contributed by atoms with van der Waals surface area (Å²) in [6.07, 6.45) is 0. The number of nitrogens with zero attached hydrogens (tertiary/aromatic N) is 2. The number of carbonyl (C=O) groups is 1. The van der Waals surface area contributed by atoms with Crippen molar-refractivity contribution < 1.29 is 4.79 Å². The van der Waals surface area contributed by atoms with Crippen molar-refractivity contribution in [1.29, 1.82) is 0 Å². The largest absolute Gasteiger partial charge is 0.360 e. The van der Waals surface area contributed by atoms with Crippen LogP contribution in [0.5, 0.6) is 0 Å². The standard InChI is InChI=1S/C13H21N3OS.2ClH/c1-10(11(2)14)13(17)16-7-5-15(6-8-16)12-4-3-9-18-12;;/h3-4,9-11H,5-8,14H2,1-2H3;2*1H. The molecule has 1 aliphatic rings. The van der Waals surface area contributed by atoms with Gasteiger partial charge in [-0.3, -0.25) is 4.79 Å². The molecule has 2 heterocycles. The highest BCUT2D eigenvalue weighted by atomic mass is 35.5. The minimum absolute atomic E-state index is 0. The van der Waals surface area contributed by atoms with Gasteiger partial charge in [0.15, 0.2) is 0 Å². The van der Waals surface area contributed by atoms with Crippen LogP contribution in [0.25, 0.3) is 0 Å². The number of piperazine rings is 1. The fourth-order valence-corrected chi connectivity index (χ4v) is 2.90. The van der Waals surface area contributed by atoms with Gasteiger partial charge in [0.05, 0.1) is 10.9 Å². The zero-order chi connectivity index (χ0) is 13.1. The Morgan fingerprint density at radius 2 is 1.85 bits per heavy atom. The van der Waals surface area contributed by atoms with Gasteiger partial charge < -0.3 is 15.5 Å². The maximum Gasteiger partial charge on any atom is 0.227 e. The molecule has 1 saturated heterocycles. The first-order valence-corrected chi connectivity index (χ1v) is 7.30. The van der Waals surface area contributed by atoms with Crippen LogP contribution in [0.1, 0.15) is 13.8 Å². The second-order valence-corrected chi connectivity index (χ2v) is 5.84. The van der Waals surface area contributed by atoms with E-state index in [1.807, 2.05) is 18.7 Å². The normalized spacial score (nSPS) is 17.8. The molecule has 2 N–H and O–H groups in total. The van der Waals surface area contributed by atoms with Crippen molar-refractivity contribution in [2.24, 2.45) is 11.7 Å². The highest BCUT2D eigenvalue weighted by Crippen LogP contribution is 2.22. The van der Waals surface area contributed by atoms with E-state index < -0.39 is 0 Å². The lowest BCUT2D eigenvalue weighted by molar-refractivity contribution is -0.135. The van der Waals surface area contributed by atoms with Crippen molar-refractivity contribution in [3.8, 4) is 0 Å². The van der Waals surface area contributed by atoms with Gasteiger partial charge in [0.1, 0.15) is 0 Å². The van der Waals surface area contributed by atoms with E-state index >= 15 is 0 Å². The molecule has 2 rings (SSSR count). The second-order valence-electron chi connectivity index (χ2n) is 4.91. The summed E-state index contributed by atoms with van der Waals surface area (Å²) >= 11 is 1.75. The van der Waals surface area contributed by atoms with Gasteiger partial charge in [-0.05, 0) is 24.4 Å². The van der Waals surface area contributed by atoms with Crippen LogP contribution in [-0.4, -0.2) is 43.0 Å². The maximum absolute atomic E-state index is 12.2. The number of nitrogens with two attached hydrogens (primary N) is 1. The molecule has 4 nitrogen and oxygen atoms in total. The maximum atomic E-state index is 12.2. The fraction of sp³-hybridized carbons (Fsp3) is 0.615. The predicted octanol–water partition coefficient (Wildman–Crippen LogP) is 2.22. The lowest BCUT2D eigenvalue weighted by Gasteiger charge is -2.37. The molecule has 2 unspecified atom stereocenters. The van der Waals surface area contributed by atoms with Crippen LogP contribution in [0.4, 0.5) is 5.00 Å². The first kappa shape index (κ1) is 19.5. The van der Waals surface area contributed by atoms with Crippen LogP contribution in [0.2, 0.25) is 0 Å². The molecule has 2 atom stereocenters. The third-order valence-electron chi connectivity index (χ3n) is 3.59. The summed E-state index contributed by atoms with van der Waals surface area (Å²) < 4.78 is 0. The molecule has 1 aromatic rings. The van der Waals surface area contributed by atoms with Crippen LogP contribution < -0.4 is 10.6 Å². The van der Waals surface area contributed by atoms with Crippen molar-refractivity contribution in [2.45, 2.75) is 19.9 Å². The summed E-state index contributed by atoms with van der Waals surface area (Å²) in [6, 6.07) is 4.12. The molecule has 7 heteroatoms. The molecule has 0 spiro atoms. The van der Waals surface area contributed by atoms with Gasteiger partial charge in [0, 0.05) is 32.2 Å². The highest BCUT2D eigenvalue weighted by molar-refractivity contribution is 7.14. The van der Waals surface area contributed by atoms with Gasteiger partial charge in [-0.2, -0.15) is 0 Å². The van der Waals surface area contributed by atoms with Crippen LogP contribution in [0.3, 0.4) is 0 Å². The molecule has 1 aliphatic heterocycles. The molecule has 1 fully saturated rings. The molecule has 1 aromatic heterocycles. The summed E-state index contributed by atoms with van der Waals surface area (Å²) in [6.45, 7) is 7.24. The molecular weight excluding hydrogens is 317 g/mol. The lowest BCUT2D eigenvalue weighted by Crippen LogP contribution is -2.51. The van der Waals surface area contributed by atoms with E-state index in [-0.39, 0.29) is 42.7 Å². The number of rotatable bonds is 3. The van der Waals surface area contributed by atoms with Crippen LogP contribution in [0.15, 0.2) is 17.5 Å². The summed E-state index contributed by atoms with van der Waals surface area (Å²) in [5.74, 6) is 0.106. The van der Waals surface area contributed by atoms with Crippen LogP contribution in [-0.2, 0) is 4.79 Å². The fourth-order valence-electron chi connectivity index (χ4n) is 2.11. The first-order valence-electron chi connectivity index (χ1n) is 6.42. The van der Waals surface area contributed by atoms with Crippen molar-refractivity contribution in [3.05, 3.63) is 17.5 Å². The van der Waals surface area contributed by atoms with Gasteiger partial charge in [-0.1, -0.05) is 6.92 Å². The zero-order valence-corrected chi connectivity index (χ0v) is 14.3. The highest BCUT2D eigenvalue weighted by Gasteiger charge is 2.26. The molecule has 0 radical (unpaired) electrons.